The molecule has 0 spiro atoms. The lowest BCUT2D eigenvalue weighted by atomic mass is 10.2. The van der Waals surface area contributed by atoms with Gasteiger partial charge in [-0.3, -0.25) is 4.79 Å². The average molecular weight is 346 g/mol. The van der Waals surface area contributed by atoms with Gasteiger partial charge in [0.25, 0.3) is 5.91 Å². The Kier molecular flexibility index (Phi) is 4.99. The van der Waals surface area contributed by atoms with E-state index >= 15 is 0 Å². The van der Waals surface area contributed by atoms with Crippen LogP contribution in [0.4, 0.5) is 13.2 Å². The molecule has 1 aromatic heterocycles. The molecular formula is C15H15ClF3N3O. The van der Waals surface area contributed by atoms with E-state index in [-0.39, 0.29) is 11.7 Å². The zero-order valence-corrected chi connectivity index (χ0v) is 13.2. The minimum Gasteiger partial charge on any atom is -0.349 e. The lowest BCUT2D eigenvalue weighted by molar-refractivity contribution is -0.143. The molecule has 0 saturated carbocycles. The molecule has 124 valence electrons. The Bertz CT molecular complexity index is 695. The minimum atomic E-state index is -4.72. The number of aromatic nitrogens is 2. The first-order chi connectivity index (χ1) is 10.7. The van der Waals surface area contributed by atoms with E-state index in [4.69, 9.17) is 11.6 Å². The van der Waals surface area contributed by atoms with Crippen molar-refractivity contribution in [2.75, 3.05) is 0 Å². The van der Waals surface area contributed by atoms with Crippen LogP contribution in [0.2, 0.25) is 5.02 Å². The van der Waals surface area contributed by atoms with Gasteiger partial charge in [-0.2, -0.15) is 18.3 Å². The van der Waals surface area contributed by atoms with Gasteiger partial charge < -0.3 is 5.32 Å². The second-order valence-corrected chi connectivity index (χ2v) is 5.51. The first-order valence-electron chi connectivity index (χ1n) is 6.96. The van der Waals surface area contributed by atoms with Crippen molar-refractivity contribution in [3.8, 4) is 5.69 Å². The van der Waals surface area contributed by atoms with Crippen LogP contribution < -0.4 is 5.32 Å². The smallest absolute Gasteiger partial charge is 0.349 e. The Morgan fingerprint density at radius 1 is 1.35 bits per heavy atom. The molecule has 0 saturated heterocycles. The van der Waals surface area contributed by atoms with Crippen LogP contribution >= 0.6 is 11.6 Å². The fourth-order valence-electron chi connectivity index (χ4n) is 1.97. The molecule has 4 nitrogen and oxygen atoms in total. The van der Waals surface area contributed by atoms with Crippen LogP contribution in [-0.4, -0.2) is 21.7 Å². The van der Waals surface area contributed by atoms with Crippen LogP contribution in [-0.2, 0) is 6.18 Å². The van der Waals surface area contributed by atoms with Gasteiger partial charge in [0.2, 0.25) is 0 Å². The third-order valence-electron chi connectivity index (χ3n) is 3.34. The second kappa shape index (κ2) is 6.62. The number of alkyl halides is 3. The third kappa shape index (κ3) is 3.85. The van der Waals surface area contributed by atoms with E-state index in [0.717, 1.165) is 6.20 Å². The van der Waals surface area contributed by atoms with E-state index in [1.54, 1.807) is 6.92 Å². The maximum absolute atomic E-state index is 13.4. The van der Waals surface area contributed by atoms with Crippen LogP contribution in [0.15, 0.2) is 30.5 Å². The normalized spacial score (nSPS) is 13.0. The molecule has 2 rings (SSSR count). The molecule has 2 aromatic rings. The number of benzene rings is 1. The Labute approximate surface area is 136 Å². The quantitative estimate of drug-likeness (QED) is 0.907. The summed E-state index contributed by atoms with van der Waals surface area (Å²) in [6.07, 6.45) is -3.19. The van der Waals surface area contributed by atoms with Crippen LogP contribution in [0.5, 0.6) is 0 Å². The van der Waals surface area contributed by atoms with Gasteiger partial charge in [0.15, 0.2) is 5.69 Å². The number of carbonyl (C=O) groups excluding carboxylic acids is 1. The first kappa shape index (κ1) is 17.3. The van der Waals surface area contributed by atoms with Gasteiger partial charge in [-0.05, 0) is 37.6 Å². The molecule has 1 aromatic carbocycles. The number of carbonyl (C=O) groups is 1. The summed E-state index contributed by atoms with van der Waals surface area (Å²) in [6.45, 7) is 3.54. The number of halogens is 4. The lowest BCUT2D eigenvalue weighted by Gasteiger charge is -2.14. The maximum Gasteiger partial charge on any atom is 0.434 e. The molecule has 1 N–H and O–H groups in total. The molecule has 0 fully saturated rings. The Morgan fingerprint density at radius 2 is 1.96 bits per heavy atom. The van der Waals surface area contributed by atoms with Crippen molar-refractivity contribution in [3.63, 3.8) is 0 Å². The predicted molar refractivity (Wildman–Crippen MR) is 80.8 cm³/mol. The van der Waals surface area contributed by atoms with Crippen LogP contribution in [0.3, 0.4) is 0 Å². The Hall–Kier alpha value is -2.02. The Morgan fingerprint density at radius 3 is 2.48 bits per heavy atom. The highest BCUT2D eigenvalue weighted by molar-refractivity contribution is 6.30. The zero-order chi connectivity index (χ0) is 17.2. The van der Waals surface area contributed by atoms with Crippen LogP contribution in [0.25, 0.3) is 5.69 Å². The standard InChI is InChI=1S/C15H15ClF3N3O/c1-3-9(2)21-14(23)12-8-20-22(13(12)15(17,18)19)11-6-4-10(16)5-7-11/h4-9H,3H2,1-2H3,(H,21,23). The molecule has 0 aliphatic rings. The fraction of sp³-hybridized carbons (Fsp3) is 0.333. The van der Waals surface area contributed by atoms with E-state index in [0.29, 0.717) is 16.1 Å². The summed E-state index contributed by atoms with van der Waals surface area (Å²) in [7, 11) is 0. The molecular weight excluding hydrogens is 331 g/mol. The van der Waals surface area contributed by atoms with Crippen molar-refractivity contribution in [2.24, 2.45) is 0 Å². The van der Waals surface area contributed by atoms with E-state index in [1.807, 2.05) is 6.92 Å². The van der Waals surface area contributed by atoms with E-state index in [9.17, 15) is 18.0 Å². The minimum absolute atomic E-state index is 0.171. The number of hydrogen-bond donors (Lipinski definition) is 1. The number of hydrogen-bond acceptors (Lipinski definition) is 2. The summed E-state index contributed by atoms with van der Waals surface area (Å²) in [5.41, 5.74) is -1.45. The van der Waals surface area contributed by atoms with Crippen LogP contribution in [0, 0.1) is 0 Å². The largest absolute Gasteiger partial charge is 0.434 e. The van der Waals surface area contributed by atoms with Gasteiger partial charge in [0, 0.05) is 11.1 Å². The van der Waals surface area contributed by atoms with Gasteiger partial charge in [-0.25, -0.2) is 4.68 Å². The van der Waals surface area contributed by atoms with Crippen LogP contribution in [0.1, 0.15) is 36.3 Å². The zero-order valence-electron chi connectivity index (χ0n) is 12.5. The van der Waals surface area contributed by atoms with Gasteiger partial charge in [0.1, 0.15) is 0 Å². The summed E-state index contributed by atoms with van der Waals surface area (Å²) in [6, 6.07) is 5.49. The van der Waals surface area contributed by atoms with Crippen molar-refractivity contribution < 1.29 is 18.0 Å². The summed E-state index contributed by atoms with van der Waals surface area (Å²) < 4.78 is 41.0. The Balaban J connectivity index is 2.49. The molecule has 0 aliphatic heterocycles. The molecule has 1 atom stereocenters. The summed E-state index contributed by atoms with van der Waals surface area (Å²) in [5, 5.41) is 6.64. The molecule has 0 radical (unpaired) electrons. The van der Waals surface area contributed by atoms with Gasteiger partial charge >= 0.3 is 6.18 Å². The summed E-state index contributed by atoms with van der Waals surface area (Å²) in [5.74, 6) is -0.799. The molecule has 8 heteroatoms. The van der Waals surface area contributed by atoms with E-state index in [2.05, 4.69) is 10.4 Å². The highest BCUT2D eigenvalue weighted by Gasteiger charge is 2.40. The van der Waals surface area contributed by atoms with Crippen molar-refractivity contribution in [3.05, 3.63) is 46.7 Å². The fourth-order valence-corrected chi connectivity index (χ4v) is 2.10. The molecule has 0 aliphatic carbocycles. The number of nitrogens with one attached hydrogen (secondary N) is 1. The highest BCUT2D eigenvalue weighted by Crippen LogP contribution is 2.33. The maximum atomic E-state index is 13.4. The number of amides is 1. The van der Waals surface area contributed by atoms with Crippen molar-refractivity contribution in [1.82, 2.24) is 15.1 Å². The first-order valence-corrected chi connectivity index (χ1v) is 7.33. The molecule has 1 unspecified atom stereocenters. The van der Waals surface area contributed by atoms with Gasteiger partial charge in [-0.1, -0.05) is 18.5 Å². The van der Waals surface area contributed by atoms with Gasteiger partial charge in [0.05, 0.1) is 17.4 Å². The van der Waals surface area contributed by atoms with Crippen molar-refractivity contribution in [1.29, 1.82) is 0 Å². The topological polar surface area (TPSA) is 46.9 Å². The lowest BCUT2D eigenvalue weighted by Crippen LogP contribution is -2.33. The molecule has 1 amide bonds. The third-order valence-corrected chi connectivity index (χ3v) is 3.60. The average Bonchev–Trinajstić information content (AvgIpc) is 2.93. The van der Waals surface area contributed by atoms with E-state index in [1.165, 1.54) is 24.3 Å². The van der Waals surface area contributed by atoms with Crippen molar-refractivity contribution >= 4 is 17.5 Å². The van der Waals surface area contributed by atoms with Crippen molar-refractivity contribution in [2.45, 2.75) is 32.5 Å². The van der Waals surface area contributed by atoms with E-state index < -0.39 is 23.3 Å². The molecule has 23 heavy (non-hydrogen) atoms. The number of rotatable bonds is 4. The molecule has 1 heterocycles. The highest BCUT2D eigenvalue weighted by atomic mass is 35.5. The molecule has 0 bridgehead atoms. The van der Waals surface area contributed by atoms with Gasteiger partial charge in [-0.15, -0.1) is 0 Å². The summed E-state index contributed by atoms with van der Waals surface area (Å²) in [4.78, 5) is 12.1. The summed E-state index contributed by atoms with van der Waals surface area (Å²) >= 11 is 5.74. The number of nitrogens with zero attached hydrogens (tertiary/aromatic N) is 2. The SMILES string of the molecule is CCC(C)NC(=O)c1cnn(-c2ccc(Cl)cc2)c1C(F)(F)F. The second-order valence-electron chi connectivity index (χ2n) is 5.08. The predicted octanol–water partition coefficient (Wildman–Crippen LogP) is 4.07. The monoisotopic (exact) mass is 345 g/mol.